The summed E-state index contributed by atoms with van der Waals surface area (Å²) in [6.07, 6.45) is 4.05. The molecule has 4 N–H and O–H groups in total. The van der Waals surface area contributed by atoms with Crippen LogP contribution in [0, 0.1) is 0 Å². The minimum atomic E-state index is -3.41. The normalized spacial score (nSPS) is 22.4. The fourth-order valence-corrected chi connectivity index (χ4v) is 6.79. The van der Waals surface area contributed by atoms with Crippen LogP contribution in [0.3, 0.4) is 0 Å². The van der Waals surface area contributed by atoms with Gasteiger partial charge in [-0.3, -0.25) is 4.79 Å². The molecular weight excluding hydrogens is 426 g/mol. The predicted octanol–water partition coefficient (Wildman–Crippen LogP) is 3.25. The van der Waals surface area contributed by atoms with E-state index in [0.29, 0.717) is 29.6 Å². The molecule has 1 amide bonds. The summed E-state index contributed by atoms with van der Waals surface area (Å²) in [6, 6.07) is 13.2. The Bertz CT molecular complexity index is 1300. The second-order valence-corrected chi connectivity index (χ2v) is 10.7. The van der Waals surface area contributed by atoms with E-state index in [4.69, 9.17) is 5.73 Å². The van der Waals surface area contributed by atoms with Crippen molar-refractivity contribution >= 4 is 32.5 Å². The first-order valence-electron chi connectivity index (χ1n) is 11.1. The standard InChI is InChI=1S/C24H27N3O4S/c25-24(29)18-12-7-15(14-20(18)26-16-8-10-17(28)11-9-16)23-19-4-1-2-5-21(19)27-22(23)6-3-13-32(27,30)31/h1-2,4-5,7,12,14,16-17,26,28H,3,6,8-11,13H2,(H2,25,29)/t16-,17-. The molecule has 2 aliphatic rings. The highest BCUT2D eigenvalue weighted by Crippen LogP contribution is 2.40. The third kappa shape index (κ3) is 3.57. The van der Waals surface area contributed by atoms with Gasteiger partial charge in [-0.15, -0.1) is 0 Å². The summed E-state index contributed by atoms with van der Waals surface area (Å²) in [4.78, 5) is 12.1. The van der Waals surface area contributed by atoms with Crippen molar-refractivity contribution in [2.24, 2.45) is 5.73 Å². The van der Waals surface area contributed by atoms with E-state index in [-0.39, 0.29) is 17.9 Å². The number of nitrogens with one attached hydrogen (secondary N) is 1. The molecule has 8 heteroatoms. The van der Waals surface area contributed by atoms with Crippen LogP contribution in [0.1, 0.15) is 48.2 Å². The van der Waals surface area contributed by atoms with Crippen LogP contribution < -0.4 is 11.1 Å². The molecule has 1 aliphatic heterocycles. The highest BCUT2D eigenvalue weighted by Gasteiger charge is 2.30. The molecule has 1 saturated carbocycles. The third-order valence-electron chi connectivity index (χ3n) is 6.65. The average Bonchev–Trinajstić information content (AvgIpc) is 3.10. The molecule has 1 fully saturated rings. The number of hydrogen-bond donors (Lipinski definition) is 3. The van der Waals surface area contributed by atoms with Crippen molar-refractivity contribution in [1.29, 1.82) is 0 Å². The summed E-state index contributed by atoms with van der Waals surface area (Å²) < 4.78 is 27.3. The number of para-hydroxylation sites is 1. The number of amides is 1. The van der Waals surface area contributed by atoms with E-state index >= 15 is 0 Å². The lowest BCUT2D eigenvalue weighted by molar-refractivity contribution is 0.100. The van der Waals surface area contributed by atoms with Crippen LogP contribution in [-0.4, -0.2) is 41.3 Å². The molecule has 1 aromatic heterocycles. The topological polar surface area (TPSA) is 114 Å². The number of anilines is 1. The van der Waals surface area contributed by atoms with Gasteiger partial charge in [-0.25, -0.2) is 12.4 Å². The molecule has 0 atom stereocenters. The summed E-state index contributed by atoms with van der Waals surface area (Å²) in [5.74, 6) is -0.375. The number of carbonyl (C=O) groups excluding carboxylic acids is 1. The number of hydrogen-bond acceptors (Lipinski definition) is 5. The van der Waals surface area contributed by atoms with E-state index in [1.165, 1.54) is 3.97 Å². The lowest BCUT2D eigenvalue weighted by atomic mass is 9.92. The summed E-state index contributed by atoms with van der Waals surface area (Å²) in [7, 11) is -3.41. The largest absolute Gasteiger partial charge is 0.393 e. The van der Waals surface area contributed by atoms with Gasteiger partial charge in [-0.2, -0.15) is 0 Å². The Morgan fingerprint density at radius 2 is 1.84 bits per heavy atom. The molecule has 32 heavy (non-hydrogen) atoms. The molecule has 0 spiro atoms. The second-order valence-electron chi connectivity index (χ2n) is 8.80. The number of nitrogens with two attached hydrogens (primary N) is 1. The van der Waals surface area contributed by atoms with Crippen molar-refractivity contribution in [1.82, 2.24) is 3.97 Å². The van der Waals surface area contributed by atoms with E-state index in [2.05, 4.69) is 5.32 Å². The Hall–Kier alpha value is -2.84. The van der Waals surface area contributed by atoms with Crippen molar-refractivity contribution in [3.05, 3.63) is 53.7 Å². The van der Waals surface area contributed by atoms with Crippen molar-refractivity contribution < 1.29 is 18.3 Å². The Labute approximate surface area is 187 Å². The lowest BCUT2D eigenvalue weighted by Gasteiger charge is -2.28. The molecule has 2 heterocycles. The van der Waals surface area contributed by atoms with Gasteiger partial charge >= 0.3 is 0 Å². The molecule has 0 unspecified atom stereocenters. The van der Waals surface area contributed by atoms with Gasteiger partial charge in [-0.1, -0.05) is 24.3 Å². The second kappa shape index (κ2) is 7.94. The molecule has 168 valence electrons. The van der Waals surface area contributed by atoms with Gasteiger partial charge in [0.05, 0.1) is 22.9 Å². The minimum Gasteiger partial charge on any atom is -0.393 e. The quantitative estimate of drug-likeness (QED) is 0.561. The monoisotopic (exact) mass is 453 g/mol. The Balaban J connectivity index is 1.65. The number of primary amides is 1. The van der Waals surface area contributed by atoms with Crippen LogP contribution in [0.25, 0.3) is 22.0 Å². The number of aromatic nitrogens is 1. The minimum absolute atomic E-state index is 0.138. The van der Waals surface area contributed by atoms with Gasteiger partial charge < -0.3 is 16.2 Å². The van der Waals surface area contributed by atoms with Gasteiger partial charge in [0.25, 0.3) is 5.91 Å². The predicted molar refractivity (Wildman–Crippen MR) is 125 cm³/mol. The lowest BCUT2D eigenvalue weighted by Crippen LogP contribution is -2.29. The van der Waals surface area contributed by atoms with Gasteiger partial charge in [-0.05, 0) is 62.3 Å². The zero-order chi connectivity index (χ0) is 22.5. The van der Waals surface area contributed by atoms with Crippen molar-refractivity contribution in [2.45, 2.75) is 50.7 Å². The number of nitrogens with zero attached hydrogens (tertiary/aromatic N) is 1. The molecule has 0 bridgehead atoms. The Kier molecular flexibility index (Phi) is 5.22. The Morgan fingerprint density at radius 3 is 2.59 bits per heavy atom. The maximum absolute atomic E-state index is 12.9. The number of rotatable bonds is 4. The molecule has 0 radical (unpaired) electrons. The molecule has 3 aromatic rings. The number of aliphatic hydroxyl groups is 1. The molecule has 7 nitrogen and oxygen atoms in total. The summed E-state index contributed by atoms with van der Waals surface area (Å²) in [6.45, 7) is 0. The average molecular weight is 454 g/mol. The van der Waals surface area contributed by atoms with Crippen LogP contribution in [0.2, 0.25) is 0 Å². The summed E-state index contributed by atoms with van der Waals surface area (Å²) in [5.41, 5.74) is 9.93. The van der Waals surface area contributed by atoms with E-state index in [1.54, 1.807) is 6.07 Å². The summed E-state index contributed by atoms with van der Waals surface area (Å²) in [5, 5.41) is 14.1. The van der Waals surface area contributed by atoms with Gasteiger partial charge in [0.1, 0.15) is 0 Å². The van der Waals surface area contributed by atoms with Crippen LogP contribution in [0.5, 0.6) is 0 Å². The first kappa shape index (κ1) is 21.0. The van der Waals surface area contributed by atoms with E-state index in [1.807, 2.05) is 36.4 Å². The molecule has 2 aromatic carbocycles. The Morgan fingerprint density at radius 1 is 1.09 bits per heavy atom. The zero-order valence-electron chi connectivity index (χ0n) is 17.8. The number of aliphatic hydroxyl groups excluding tert-OH is 1. The maximum Gasteiger partial charge on any atom is 0.250 e. The van der Waals surface area contributed by atoms with Crippen molar-refractivity contribution in [3.63, 3.8) is 0 Å². The number of fused-ring (bicyclic) bond motifs is 3. The molecular formula is C24H27N3O4S. The summed E-state index contributed by atoms with van der Waals surface area (Å²) >= 11 is 0. The highest BCUT2D eigenvalue weighted by atomic mass is 32.2. The maximum atomic E-state index is 12.9. The van der Waals surface area contributed by atoms with E-state index < -0.39 is 15.9 Å². The third-order valence-corrected chi connectivity index (χ3v) is 8.43. The van der Waals surface area contributed by atoms with Crippen LogP contribution >= 0.6 is 0 Å². The molecule has 0 saturated heterocycles. The van der Waals surface area contributed by atoms with E-state index in [9.17, 15) is 18.3 Å². The SMILES string of the molecule is NC(=O)c1ccc(-c2c3n(c4ccccc24)S(=O)(=O)CCC3)cc1N[C@H]1CC[C@H](O)CC1. The first-order valence-corrected chi connectivity index (χ1v) is 12.7. The smallest absolute Gasteiger partial charge is 0.250 e. The first-order chi connectivity index (χ1) is 15.3. The van der Waals surface area contributed by atoms with Gasteiger partial charge in [0.2, 0.25) is 10.0 Å². The van der Waals surface area contributed by atoms with Crippen molar-refractivity contribution in [2.75, 3.05) is 11.1 Å². The molecule has 1 aliphatic carbocycles. The van der Waals surface area contributed by atoms with Crippen molar-refractivity contribution in [3.8, 4) is 11.1 Å². The van der Waals surface area contributed by atoms with Crippen LogP contribution in [-0.2, 0) is 16.4 Å². The fraction of sp³-hybridized carbons (Fsp3) is 0.375. The van der Waals surface area contributed by atoms with E-state index in [0.717, 1.165) is 47.9 Å². The highest BCUT2D eigenvalue weighted by molar-refractivity contribution is 7.90. The van der Waals surface area contributed by atoms with Gasteiger partial charge in [0.15, 0.2) is 0 Å². The number of carbonyl (C=O) groups is 1. The van der Waals surface area contributed by atoms with Gasteiger partial charge in [0, 0.05) is 28.4 Å². The van der Waals surface area contributed by atoms with Crippen LogP contribution in [0.4, 0.5) is 5.69 Å². The molecule has 5 rings (SSSR count). The fourth-order valence-electron chi connectivity index (χ4n) is 5.12. The zero-order valence-corrected chi connectivity index (χ0v) is 18.6. The van der Waals surface area contributed by atoms with Crippen LogP contribution in [0.15, 0.2) is 42.5 Å². The number of benzene rings is 2.